The summed E-state index contributed by atoms with van der Waals surface area (Å²) < 4.78 is 19.7. The molecule has 26 heavy (non-hydrogen) atoms. The first kappa shape index (κ1) is 17.1. The lowest BCUT2D eigenvalue weighted by Gasteiger charge is -2.17. The van der Waals surface area contributed by atoms with E-state index in [0.29, 0.717) is 13.2 Å². The monoisotopic (exact) mass is 351 g/mol. The number of nitrogens with zero attached hydrogens (tertiary/aromatic N) is 1. The predicted octanol–water partition coefficient (Wildman–Crippen LogP) is 4.76. The third kappa shape index (κ3) is 3.92. The fourth-order valence-corrected chi connectivity index (χ4v) is 3.39. The number of ether oxygens (including phenoxy) is 3. The van der Waals surface area contributed by atoms with Crippen LogP contribution in [0.25, 0.3) is 10.9 Å². The highest BCUT2D eigenvalue weighted by molar-refractivity contribution is 5.81. The summed E-state index contributed by atoms with van der Waals surface area (Å²) in [6.07, 6.45) is 3.24. The molecule has 1 fully saturated rings. The zero-order valence-electron chi connectivity index (χ0n) is 15.4. The van der Waals surface area contributed by atoms with E-state index in [1.807, 2.05) is 38.1 Å². The molecule has 0 amide bonds. The Kier molecular flexibility index (Phi) is 4.70. The Labute approximate surface area is 154 Å². The van der Waals surface area contributed by atoms with Crippen molar-refractivity contribution in [3.63, 3.8) is 0 Å². The van der Waals surface area contributed by atoms with Gasteiger partial charge in [0.25, 0.3) is 0 Å². The molecule has 1 saturated heterocycles. The molecule has 1 aromatic heterocycles. The third-order valence-corrected chi connectivity index (χ3v) is 4.75. The zero-order valence-corrected chi connectivity index (χ0v) is 15.4. The van der Waals surface area contributed by atoms with Crippen molar-refractivity contribution in [1.29, 1.82) is 0 Å². The van der Waals surface area contributed by atoms with E-state index < -0.39 is 5.79 Å². The van der Waals surface area contributed by atoms with E-state index in [-0.39, 0.29) is 6.10 Å². The number of hydrogen-bond acceptors (Lipinski definition) is 3. The number of rotatable bonds is 6. The molecule has 4 heteroatoms. The molecule has 4 nitrogen and oxygen atoms in total. The normalized spacial score (nSPS) is 19.1. The van der Waals surface area contributed by atoms with E-state index in [0.717, 1.165) is 18.7 Å². The van der Waals surface area contributed by atoms with Crippen LogP contribution in [0.2, 0.25) is 0 Å². The average molecular weight is 351 g/mol. The van der Waals surface area contributed by atoms with Crippen molar-refractivity contribution in [2.75, 3.05) is 6.61 Å². The van der Waals surface area contributed by atoms with Gasteiger partial charge >= 0.3 is 0 Å². The summed E-state index contributed by atoms with van der Waals surface area (Å²) in [5.74, 6) is 0.447. The van der Waals surface area contributed by atoms with Gasteiger partial charge in [-0.3, -0.25) is 0 Å². The van der Waals surface area contributed by atoms with Crippen molar-refractivity contribution in [3.05, 3.63) is 66.4 Å². The van der Waals surface area contributed by atoms with Gasteiger partial charge in [-0.25, -0.2) is 0 Å². The molecule has 1 aliphatic rings. The van der Waals surface area contributed by atoms with Crippen molar-refractivity contribution in [2.24, 2.45) is 0 Å². The Morgan fingerprint density at radius 3 is 2.73 bits per heavy atom. The summed E-state index contributed by atoms with van der Waals surface area (Å²) in [6.45, 7) is 6.10. The van der Waals surface area contributed by atoms with Crippen LogP contribution in [-0.4, -0.2) is 23.1 Å². The Bertz CT molecular complexity index is 869. The summed E-state index contributed by atoms with van der Waals surface area (Å²) in [5, 5.41) is 1.19. The second-order valence-electron chi connectivity index (χ2n) is 7.24. The highest BCUT2D eigenvalue weighted by Gasteiger charge is 2.32. The Balaban J connectivity index is 1.39. The minimum absolute atomic E-state index is 0.163. The molecule has 0 aliphatic carbocycles. The van der Waals surface area contributed by atoms with Crippen LogP contribution in [0.15, 0.2) is 60.8 Å². The third-order valence-electron chi connectivity index (χ3n) is 4.75. The van der Waals surface area contributed by atoms with Crippen molar-refractivity contribution in [1.82, 2.24) is 4.57 Å². The number of aromatic nitrogens is 1. The number of fused-ring (bicyclic) bond motifs is 1. The van der Waals surface area contributed by atoms with E-state index in [4.69, 9.17) is 14.2 Å². The van der Waals surface area contributed by atoms with Gasteiger partial charge in [-0.2, -0.15) is 0 Å². The fourth-order valence-electron chi connectivity index (χ4n) is 3.39. The topological polar surface area (TPSA) is 32.6 Å². The average Bonchev–Trinajstić information content (AvgIpc) is 3.21. The molecule has 0 saturated carbocycles. The first-order valence-corrected chi connectivity index (χ1v) is 9.16. The summed E-state index contributed by atoms with van der Waals surface area (Å²) in [7, 11) is 0. The molecular formula is C22H25NO3. The number of benzene rings is 2. The summed E-state index contributed by atoms with van der Waals surface area (Å²) in [5.41, 5.74) is 2.39. The predicted molar refractivity (Wildman–Crippen MR) is 102 cm³/mol. The molecule has 0 unspecified atom stereocenters. The van der Waals surface area contributed by atoms with E-state index >= 15 is 0 Å². The number of hydrogen-bond donors (Lipinski definition) is 0. The lowest BCUT2D eigenvalue weighted by atomic mass is 10.2. The Hall–Kier alpha value is -2.30. The van der Waals surface area contributed by atoms with Gasteiger partial charge in [0.2, 0.25) is 0 Å². The van der Waals surface area contributed by atoms with Gasteiger partial charge in [-0.05, 0) is 50.1 Å². The first-order valence-electron chi connectivity index (χ1n) is 9.16. The standard InChI is InChI=1S/C22H25NO3/c1-22(2)25-16-20(26-22)11-13-23-12-10-18-14-19(8-9-21(18)23)24-15-17-6-4-3-5-7-17/h3-10,12,14,20H,11,13,15-16H2,1-2H3/t20-/m0/s1. The molecule has 4 rings (SSSR count). The maximum atomic E-state index is 5.93. The maximum Gasteiger partial charge on any atom is 0.163 e. The van der Waals surface area contributed by atoms with Crippen molar-refractivity contribution < 1.29 is 14.2 Å². The van der Waals surface area contributed by atoms with Crippen LogP contribution in [0.1, 0.15) is 25.8 Å². The van der Waals surface area contributed by atoms with Crippen LogP contribution in [0.3, 0.4) is 0 Å². The molecule has 0 radical (unpaired) electrons. The minimum Gasteiger partial charge on any atom is -0.489 e. The molecule has 0 N–H and O–H groups in total. The van der Waals surface area contributed by atoms with Crippen LogP contribution in [0.4, 0.5) is 0 Å². The zero-order chi connectivity index (χ0) is 18.0. The highest BCUT2D eigenvalue weighted by Crippen LogP contribution is 2.26. The SMILES string of the molecule is CC1(C)OC[C@H](CCn2ccc3cc(OCc4ccccc4)ccc32)O1. The molecule has 1 atom stereocenters. The second-order valence-corrected chi connectivity index (χ2v) is 7.24. The minimum atomic E-state index is -0.450. The highest BCUT2D eigenvalue weighted by atomic mass is 16.7. The maximum absolute atomic E-state index is 5.93. The van der Waals surface area contributed by atoms with Crippen LogP contribution >= 0.6 is 0 Å². The summed E-state index contributed by atoms with van der Waals surface area (Å²) >= 11 is 0. The molecule has 0 bridgehead atoms. The lowest BCUT2D eigenvalue weighted by molar-refractivity contribution is -0.139. The van der Waals surface area contributed by atoms with Crippen molar-refractivity contribution >= 4 is 10.9 Å². The summed E-state index contributed by atoms with van der Waals surface area (Å²) in [4.78, 5) is 0. The molecule has 2 heterocycles. The van der Waals surface area contributed by atoms with Gasteiger partial charge in [0.1, 0.15) is 12.4 Å². The lowest BCUT2D eigenvalue weighted by Crippen LogP contribution is -2.22. The summed E-state index contributed by atoms with van der Waals surface area (Å²) in [6, 6.07) is 18.6. The van der Waals surface area contributed by atoms with Gasteiger partial charge < -0.3 is 18.8 Å². The number of aryl methyl sites for hydroxylation is 1. The van der Waals surface area contributed by atoms with Gasteiger partial charge in [-0.15, -0.1) is 0 Å². The van der Waals surface area contributed by atoms with Crippen LogP contribution in [0.5, 0.6) is 5.75 Å². The second kappa shape index (κ2) is 7.14. The van der Waals surface area contributed by atoms with E-state index in [2.05, 4.69) is 41.1 Å². The quantitative estimate of drug-likeness (QED) is 0.642. The van der Waals surface area contributed by atoms with Gasteiger partial charge in [0.15, 0.2) is 5.79 Å². The van der Waals surface area contributed by atoms with Crippen LogP contribution in [-0.2, 0) is 22.6 Å². The first-order chi connectivity index (χ1) is 12.6. The molecule has 1 aliphatic heterocycles. The van der Waals surface area contributed by atoms with E-state index in [1.54, 1.807) is 0 Å². The van der Waals surface area contributed by atoms with Gasteiger partial charge in [-0.1, -0.05) is 30.3 Å². The van der Waals surface area contributed by atoms with Crippen LogP contribution in [0, 0.1) is 0 Å². The van der Waals surface area contributed by atoms with Crippen molar-refractivity contribution in [3.8, 4) is 5.75 Å². The molecular weight excluding hydrogens is 326 g/mol. The van der Waals surface area contributed by atoms with E-state index in [9.17, 15) is 0 Å². The molecule has 136 valence electrons. The smallest absolute Gasteiger partial charge is 0.163 e. The largest absolute Gasteiger partial charge is 0.489 e. The molecule has 0 spiro atoms. The Morgan fingerprint density at radius 1 is 1.12 bits per heavy atom. The van der Waals surface area contributed by atoms with Crippen molar-refractivity contribution in [2.45, 2.75) is 45.3 Å². The van der Waals surface area contributed by atoms with E-state index in [1.165, 1.54) is 16.5 Å². The molecule has 3 aromatic rings. The van der Waals surface area contributed by atoms with Gasteiger partial charge in [0.05, 0.1) is 12.7 Å². The fraction of sp³-hybridized carbons (Fsp3) is 0.364. The van der Waals surface area contributed by atoms with Crippen LogP contribution < -0.4 is 4.74 Å². The Morgan fingerprint density at radius 2 is 1.96 bits per heavy atom. The van der Waals surface area contributed by atoms with Gasteiger partial charge in [0, 0.05) is 23.6 Å². The molecule has 2 aromatic carbocycles.